The fourth-order valence-corrected chi connectivity index (χ4v) is 2.18. The van der Waals surface area contributed by atoms with Crippen LogP contribution in [0.15, 0.2) is 30.3 Å². The zero-order chi connectivity index (χ0) is 12.4. The van der Waals surface area contributed by atoms with Gasteiger partial charge >= 0.3 is 0 Å². The van der Waals surface area contributed by atoms with Gasteiger partial charge in [-0.1, -0.05) is 25.1 Å². The Bertz CT molecular complexity index is 519. The van der Waals surface area contributed by atoms with Crippen molar-refractivity contribution in [2.75, 3.05) is 7.05 Å². The topological polar surface area (TPSA) is 24.9 Å². The van der Waals surface area contributed by atoms with Gasteiger partial charge in [0.15, 0.2) is 0 Å². The molecule has 2 nitrogen and oxygen atoms in total. The maximum Gasteiger partial charge on any atom is 0.0705 e. The van der Waals surface area contributed by atoms with Gasteiger partial charge in [0.2, 0.25) is 0 Å². The van der Waals surface area contributed by atoms with Crippen molar-refractivity contribution in [2.24, 2.45) is 0 Å². The first-order valence-electron chi connectivity index (χ1n) is 6.17. The molecule has 0 radical (unpaired) electrons. The van der Waals surface area contributed by atoms with Gasteiger partial charge in [0.25, 0.3) is 0 Å². The number of aryl methyl sites for hydroxylation is 1. The Morgan fingerprint density at radius 2 is 1.88 bits per heavy atom. The molecule has 90 valence electrons. The summed E-state index contributed by atoms with van der Waals surface area (Å²) in [5.41, 5.74) is 3.56. The number of hydrogen-bond acceptors (Lipinski definition) is 2. The van der Waals surface area contributed by atoms with E-state index >= 15 is 0 Å². The molecule has 2 atom stereocenters. The Hall–Kier alpha value is -1.41. The molecule has 2 heteroatoms. The Labute approximate surface area is 103 Å². The van der Waals surface area contributed by atoms with Gasteiger partial charge in [-0.05, 0) is 38.6 Å². The third kappa shape index (κ3) is 2.32. The van der Waals surface area contributed by atoms with Crippen LogP contribution in [0.3, 0.4) is 0 Å². The molecular weight excluding hydrogens is 208 g/mol. The molecule has 0 aliphatic carbocycles. The SMILES string of the molecule is CNC(C)C(C)c1nc2ccccc2cc1C. The summed E-state index contributed by atoms with van der Waals surface area (Å²) in [5, 5.41) is 4.52. The smallest absolute Gasteiger partial charge is 0.0705 e. The maximum atomic E-state index is 4.80. The Kier molecular flexibility index (Phi) is 3.43. The number of benzene rings is 1. The van der Waals surface area contributed by atoms with E-state index in [1.807, 2.05) is 13.1 Å². The molecule has 1 aromatic carbocycles. The maximum absolute atomic E-state index is 4.80. The third-order valence-corrected chi connectivity index (χ3v) is 3.59. The number of para-hydroxylation sites is 1. The normalized spacial score (nSPS) is 14.8. The van der Waals surface area contributed by atoms with Crippen LogP contribution in [-0.4, -0.2) is 18.1 Å². The highest BCUT2D eigenvalue weighted by molar-refractivity contribution is 5.79. The van der Waals surface area contributed by atoms with Gasteiger partial charge in [0, 0.05) is 23.0 Å². The van der Waals surface area contributed by atoms with Crippen molar-refractivity contribution in [1.29, 1.82) is 0 Å². The molecule has 0 spiro atoms. The molecule has 0 saturated carbocycles. The molecule has 0 bridgehead atoms. The molecule has 2 unspecified atom stereocenters. The van der Waals surface area contributed by atoms with E-state index in [-0.39, 0.29) is 0 Å². The zero-order valence-corrected chi connectivity index (χ0v) is 11.0. The van der Waals surface area contributed by atoms with Crippen LogP contribution < -0.4 is 5.32 Å². The lowest BCUT2D eigenvalue weighted by Crippen LogP contribution is -2.28. The van der Waals surface area contributed by atoms with E-state index < -0.39 is 0 Å². The number of nitrogens with zero attached hydrogens (tertiary/aromatic N) is 1. The van der Waals surface area contributed by atoms with Crippen molar-refractivity contribution < 1.29 is 0 Å². The van der Waals surface area contributed by atoms with Gasteiger partial charge in [-0.3, -0.25) is 4.98 Å². The Balaban J connectivity index is 2.50. The van der Waals surface area contributed by atoms with E-state index in [2.05, 4.69) is 50.4 Å². The number of rotatable bonds is 3. The number of pyridine rings is 1. The van der Waals surface area contributed by atoms with E-state index in [0.29, 0.717) is 12.0 Å². The highest BCUT2D eigenvalue weighted by Crippen LogP contribution is 2.24. The van der Waals surface area contributed by atoms with Gasteiger partial charge in [-0.25, -0.2) is 0 Å². The fourth-order valence-electron chi connectivity index (χ4n) is 2.18. The highest BCUT2D eigenvalue weighted by Gasteiger charge is 2.16. The van der Waals surface area contributed by atoms with Gasteiger partial charge in [0.05, 0.1) is 5.52 Å². The van der Waals surface area contributed by atoms with E-state index in [1.54, 1.807) is 0 Å². The van der Waals surface area contributed by atoms with Crippen molar-refractivity contribution in [3.8, 4) is 0 Å². The van der Waals surface area contributed by atoms with Crippen LogP contribution in [0.5, 0.6) is 0 Å². The second-order valence-corrected chi connectivity index (χ2v) is 4.75. The minimum absolute atomic E-state index is 0.421. The van der Waals surface area contributed by atoms with Crippen molar-refractivity contribution in [3.05, 3.63) is 41.6 Å². The molecule has 0 amide bonds. The first-order valence-corrected chi connectivity index (χ1v) is 6.17. The van der Waals surface area contributed by atoms with E-state index in [0.717, 1.165) is 5.52 Å². The second kappa shape index (κ2) is 4.84. The van der Waals surface area contributed by atoms with Crippen LogP contribution in [0.1, 0.15) is 31.0 Å². The first-order chi connectivity index (χ1) is 8.13. The lowest BCUT2D eigenvalue weighted by Gasteiger charge is -2.21. The molecule has 1 N–H and O–H groups in total. The quantitative estimate of drug-likeness (QED) is 0.872. The first kappa shape index (κ1) is 12.1. The lowest BCUT2D eigenvalue weighted by atomic mass is 9.95. The summed E-state index contributed by atoms with van der Waals surface area (Å²) in [7, 11) is 2.00. The van der Waals surface area contributed by atoms with Crippen molar-refractivity contribution >= 4 is 10.9 Å². The molecule has 1 heterocycles. The molecule has 0 fully saturated rings. The molecule has 0 aliphatic rings. The predicted molar refractivity (Wildman–Crippen MR) is 73.4 cm³/mol. The lowest BCUT2D eigenvalue weighted by molar-refractivity contribution is 0.514. The number of aromatic nitrogens is 1. The zero-order valence-electron chi connectivity index (χ0n) is 11.0. The Morgan fingerprint density at radius 3 is 2.59 bits per heavy atom. The third-order valence-electron chi connectivity index (χ3n) is 3.59. The van der Waals surface area contributed by atoms with E-state index in [1.165, 1.54) is 16.6 Å². The highest BCUT2D eigenvalue weighted by atomic mass is 14.9. The van der Waals surface area contributed by atoms with Crippen LogP contribution in [0.2, 0.25) is 0 Å². The summed E-state index contributed by atoms with van der Waals surface area (Å²) >= 11 is 0. The Morgan fingerprint density at radius 1 is 1.18 bits per heavy atom. The number of fused-ring (bicyclic) bond motifs is 1. The second-order valence-electron chi connectivity index (χ2n) is 4.75. The van der Waals surface area contributed by atoms with Crippen LogP contribution >= 0.6 is 0 Å². The summed E-state index contributed by atoms with van der Waals surface area (Å²) in [6, 6.07) is 11.0. The van der Waals surface area contributed by atoms with Crippen molar-refractivity contribution in [1.82, 2.24) is 10.3 Å². The number of hydrogen-bond donors (Lipinski definition) is 1. The summed E-state index contributed by atoms with van der Waals surface area (Å²) < 4.78 is 0. The molecular formula is C15H20N2. The van der Waals surface area contributed by atoms with Gasteiger partial charge in [0.1, 0.15) is 0 Å². The average Bonchev–Trinajstić information content (AvgIpc) is 2.36. The molecule has 0 aliphatic heterocycles. The summed E-state index contributed by atoms with van der Waals surface area (Å²) in [5.74, 6) is 0.421. The van der Waals surface area contributed by atoms with Crippen LogP contribution in [0.4, 0.5) is 0 Å². The van der Waals surface area contributed by atoms with Gasteiger partial charge in [-0.2, -0.15) is 0 Å². The van der Waals surface area contributed by atoms with Crippen molar-refractivity contribution in [3.63, 3.8) is 0 Å². The average molecular weight is 228 g/mol. The van der Waals surface area contributed by atoms with Crippen LogP contribution in [-0.2, 0) is 0 Å². The van der Waals surface area contributed by atoms with E-state index in [4.69, 9.17) is 4.98 Å². The van der Waals surface area contributed by atoms with Gasteiger partial charge < -0.3 is 5.32 Å². The molecule has 2 rings (SSSR count). The molecule has 1 aromatic heterocycles. The van der Waals surface area contributed by atoms with Crippen LogP contribution in [0, 0.1) is 6.92 Å². The monoisotopic (exact) mass is 228 g/mol. The minimum atomic E-state index is 0.421. The van der Waals surface area contributed by atoms with E-state index in [9.17, 15) is 0 Å². The fraction of sp³-hybridized carbons (Fsp3) is 0.400. The van der Waals surface area contributed by atoms with Gasteiger partial charge in [-0.15, -0.1) is 0 Å². The minimum Gasteiger partial charge on any atom is -0.317 e. The van der Waals surface area contributed by atoms with Crippen molar-refractivity contribution in [2.45, 2.75) is 32.7 Å². The summed E-state index contributed by atoms with van der Waals surface area (Å²) in [6.07, 6.45) is 0. The number of likely N-dealkylation sites (N-methyl/N-ethyl adjacent to an activating group) is 1. The summed E-state index contributed by atoms with van der Waals surface area (Å²) in [6.45, 7) is 6.57. The largest absolute Gasteiger partial charge is 0.317 e. The standard InChI is InChI=1S/C15H20N2/c1-10-9-13-7-5-6-8-14(13)17-15(10)11(2)12(3)16-4/h5-9,11-12,16H,1-4H3. The number of nitrogens with one attached hydrogen (secondary N) is 1. The van der Waals surface area contributed by atoms with Crippen LogP contribution in [0.25, 0.3) is 10.9 Å². The molecule has 2 aromatic rings. The molecule has 17 heavy (non-hydrogen) atoms. The summed E-state index contributed by atoms with van der Waals surface area (Å²) in [4.78, 5) is 4.80. The predicted octanol–water partition coefficient (Wildman–Crippen LogP) is 3.25. The molecule has 0 saturated heterocycles.